The van der Waals surface area contributed by atoms with Crippen molar-refractivity contribution >= 4 is 12.2 Å². The fourth-order valence-corrected chi connectivity index (χ4v) is 5.08. The van der Waals surface area contributed by atoms with Gasteiger partial charge in [0, 0.05) is 13.1 Å². The highest BCUT2D eigenvalue weighted by atomic mass is 15.2. The lowest BCUT2D eigenvalue weighted by Crippen LogP contribution is -2.31. The minimum Gasteiger partial charge on any atom is -0.302 e. The normalized spacial score (nSPS) is 15.9. The number of hydrogen-bond acceptors (Lipinski definition) is 2. The molecule has 0 unspecified atom stereocenters. The third-order valence-electron chi connectivity index (χ3n) is 7.73. The molecule has 190 valence electrons. The molecule has 1 saturated heterocycles. The molecule has 0 N–H and O–H groups in total. The SMILES string of the molecule is Cc1cc(C)c(/C=C/CCCN2CCCN(CCC/C=C/c3cc(C)c(C)cc3C)CC2)cc1C. The highest BCUT2D eigenvalue weighted by Crippen LogP contribution is 2.18. The fraction of sp³-hybridized carbons (Fsp3) is 0.515. The maximum atomic E-state index is 2.68. The second-order valence-corrected chi connectivity index (χ2v) is 10.7. The fourth-order valence-electron chi connectivity index (χ4n) is 5.08. The minimum atomic E-state index is 1.17. The lowest BCUT2D eigenvalue weighted by atomic mass is 10.0. The molecule has 1 fully saturated rings. The van der Waals surface area contributed by atoms with E-state index in [4.69, 9.17) is 0 Å². The van der Waals surface area contributed by atoms with Crippen LogP contribution in [0.25, 0.3) is 12.2 Å². The smallest absolute Gasteiger partial charge is 0.0109 e. The van der Waals surface area contributed by atoms with E-state index >= 15 is 0 Å². The van der Waals surface area contributed by atoms with E-state index in [2.05, 4.69) is 99.9 Å². The zero-order valence-corrected chi connectivity index (χ0v) is 23.3. The third-order valence-corrected chi connectivity index (χ3v) is 7.73. The lowest BCUT2D eigenvalue weighted by molar-refractivity contribution is 0.254. The summed E-state index contributed by atoms with van der Waals surface area (Å²) in [4.78, 5) is 5.36. The molecule has 0 amide bonds. The van der Waals surface area contributed by atoms with Crippen LogP contribution in [0.2, 0.25) is 0 Å². The molecule has 0 spiro atoms. The third kappa shape index (κ3) is 8.78. The standard InChI is InChI=1S/C33H48N2/c1-26-22-30(5)32(24-28(26)3)14-9-7-11-16-34-18-13-19-35(21-20-34)17-12-8-10-15-33-25-29(4)27(2)23-31(33)6/h9-10,14-15,22-25H,7-8,11-13,16-21H2,1-6H3/b14-9+,15-10+. The van der Waals surface area contributed by atoms with Crippen molar-refractivity contribution in [1.29, 1.82) is 0 Å². The molecule has 2 aromatic carbocycles. The average molecular weight is 473 g/mol. The van der Waals surface area contributed by atoms with E-state index in [1.807, 2.05) is 0 Å². The zero-order valence-electron chi connectivity index (χ0n) is 23.3. The van der Waals surface area contributed by atoms with Gasteiger partial charge >= 0.3 is 0 Å². The molecule has 1 aliphatic heterocycles. The number of allylic oxidation sites excluding steroid dienone is 2. The van der Waals surface area contributed by atoms with Crippen LogP contribution in [0.3, 0.4) is 0 Å². The Labute approximate surface area is 215 Å². The second-order valence-electron chi connectivity index (χ2n) is 10.7. The first-order chi connectivity index (χ1) is 16.8. The van der Waals surface area contributed by atoms with Gasteiger partial charge in [-0.1, -0.05) is 48.6 Å². The van der Waals surface area contributed by atoms with Crippen LogP contribution >= 0.6 is 0 Å². The van der Waals surface area contributed by atoms with Crippen molar-refractivity contribution in [3.8, 4) is 0 Å². The highest BCUT2D eigenvalue weighted by Gasteiger charge is 2.13. The van der Waals surface area contributed by atoms with Gasteiger partial charge in [-0.3, -0.25) is 0 Å². The Bertz CT molecular complexity index is 933. The Morgan fingerprint density at radius 3 is 1.37 bits per heavy atom. The number of aryl methyl sites for hydroxylation is 6. The summed E-state index contributed by atoms with van der Waals surface area (Å²) in [5, 5.41) is 0. The molecular weight excluding hydrogens is 424 g/mol. The summed E-state index contributed by atoms with van der Waals surface area (Å²) in [7, 11) is 0. The highest BCUT2D eigenvalue weighted by molar-refractivity contribution is 5.56. The second kappa shape index (κ2) is 13.8. The Hall–Kier alpha value is -2.16. The molecule has 1 aliphatic rings. The van der Waals surface area contributed by atoms with Crippen molar-refractivity contribution in [2.24, 2.45) is 0 Å². The van der Waals surface area contributed by atoms with Gasteiger partial charge in [0.15, 0.2) is 0 Å². The molecule has 0 saturated carbocycles. The average Bonchev–Trinajstić information content (AvgIpc) is 3.05. The van der Waals surface area contributed by atoms with Crippen molar-refractivity contribution < 1.29 is 0 Å². The first kappa shape index (κ1) is 27.4. The molecule has 0 aromatic heterocycles. The van der Waals surface area contributed by atoms with Gasteiger partial charge < -0.3 is 9.80 Å². The Morgan fingerprint density at radius 1 is 0.543 bits per heavy atom. The summed E-state index contributed by atoms with van der Waals surface area (Å²) in [6, 6.07) is 9.26. The van der Waals surface area contributed by atoms with Gasteiger partial charge in [0.05, 0.1) is 0 Å². The summed E-state index contributed by atoms with van der Waals surface area (Å²) in [6.07, 6.45) is 15.5. The molecule has 2 aromatic rings. The van der Waals surface area contributed by atoms with E-state index < -0.39 is 0 Å². The van der Waals surface area contributed by atoms with Crippen LogP contribution in [-0.2, 0) is 0 Å². The van der Waals surface area contributed by atoms with Crippen molar-refractivity contribution in [3.05, 3.63) is 80.9 Å². The lowest BCUT2D eigenvalue weighted by Gasteiger charge is -2.21. The van der Waals surface area contributed by atoms with Crippen molar-refractivity contribution in [3.63, 3.8) is 0 Å². The number of hydrogen-bond donors (Lipinski definition) is 0. The first-order valence-electron chi connectivity index (χ1n) is 13.8. The van der Waals surface area contributed by atoms with Gasteiger partial charge in [0.1, 0.15) is 0 Å². The van der Waals surface area contributed by atoms with Gasteiger partial charge in [-0.15, -0.1) is 0 Å². The van der Waals surface area contributed by atoms with Gasteiger partial charge in [-0.2, -0.15) is 0 Å². The molecule has 35 heavy (non-hydrogen) atoms. The van der Waals surface area contributed by atoms with Crippen molar-refractivity contribution in [1.82, 2.24) is 9.80 Å². The summed E-state index contributed by atoms with van der Waals surface area (Å²) in [6.45, 7) is 20.6. The van der Waals surface area contributed by atoms with Crippen LogP contribution in [0.15, 0.2) is 36.4 Å². The summed E-state index contributed by atoms with van der Waals surface area (Å²) < 4.78 is 0. The van der Waals surface area contributed by atoms with Crippen LogP contribution in [-0.4, -0.2) is 49.1 Å². The van der Waals surface area contributed by atoms with Crippen molar-refractivity contribution in [2.45, 2.75) is 73.6 Å². The van der Waals surface area contributed by atoms with Crippen LogP contribution < -0.4 is 0 Å². The maximum absolute atomic E-state index is 2.68. The monoisotopic (exact) mass is 472 g/mol. The molecule has 0 bridgehead atoms. The Balaban J connectivity index is 1.32. The van der Waals surface area contributed by atoms with Crippen LogP contribution in [0, 0.1) is 41.5 Å². The molecule has 2 nitrogen and oxygen atoms in total. The van der Waals surface area contributed by atoms with Crippen LogP contribution in [0.5, 0.6) is 0 Å². The van der Waals surface area contributed by atoms with Gasteiger partial charge in [0.25, 0.3) is 0 Å². The first-order valence-corrected chi connectivity index (χ1v) is 13.8. The predicted molar refractivity (Wildman–Crippen MR) is 155 cm³/mol. The minimum absolute atomic E-state index is 1.17. The molecule has 0 atom stereocenters. The molecule has 3 rings (SSSR count). The van der Waals surface area contributed by atoms with E-state index in [-0.39, 0.29) is 0 Å². The molecule has 0 aliphatic carbocycles. The Kier molecular flexibility index (Phi) is 10.8. The van der Waals surface area contributed by atoms with Crippen LogP contribution in [0.1, 0.15) is 76.6 Å². The number of rotatable bonds is 10. The summed E-state index contributed by atoms with van der Waals surface area (Å²) >= 11 is 0. The molecule has 0 radical (unpaired) electrons. The van der Waals surface area contributed by atoms with E-state index in [0.29, 0.717) is 0 Å². The summed E-state index contributed by atoms with van der Waals surface area (Å²) in [5.74, 6) is 0. The largest absolute Gasteiger partial charge is 0.302 e. The van der Waals surface area contributed by atoms with E-state index in [1.165, 1.54) is 116 Å². The van der Waals surface area contributed by atoms with Gasteiger partial charge in [-0.25, -0.2) is 0 Å². The number of benzene rings is 2. The predicted octanol–water partition coefficient (Wildman–Crippen LogP) is 7.83. The number of unbranched alkanes of at least 4 members (excludes halogenated alkanes) is 2. The molecular formula is C33H48N2. The molecule has 2 heteroatoms. The molecule has 1 heterocycles. The summed E-state index contributed by atoms with van der Waals surface area (Å²) in [5.41, 5.74) is 11.1. The quantitative estimate of drug-likeness (QED) is 0.325. The maximum Gasteiger partial charge on any atom is 0.0109 e. The number of nitrogens with zero attached hydrogens (tertiary/aromatic N) is 2. The Morgan fingerprint density at radius 2 is 0.943 bits per heavy atom. The van der Waals surface area contributed by atoms with E-state index in [0.717, 1.165) is 0 Å². The van der Waals surface area contributed by atoms with E-state index in [9.17, 15) is 0 Å². The van der Waals surface area contributed by atoms with Gasteiger partial charge in [0.2, 0.25) is 0 Å². The van der Waals surface area contributed by atoms with E-state index in [1.54, 1.807) is 0 Å². The van der Waals surface area contributed by atoms with Crippen molar-refractivity contribution in [2.75, 3.05) is 39.3 Å². The zero-order chi connectivity index (χ0) is 25.2. The topological polar surface area (TPSA) is 6.48 Å². The van der Waals surface area contributed by atoms with Crippen LogP contribution in [0.4, 0.5) is 0 Å². The van der Waals surface area contributed by atoms with Gasteiger partial charge in [-0.05, 0) is 144 Å².